The van der Waals surface area contributed by atoms with Crippen molar-refractivity contribution in [3.05, 3.63) is 68.1 Å². The van der Waals surface area contributed by atoms with Crippen LogP contribution in [0.3, 0.4) is 0 Å². The molecule has 0 bridgehead atoms. The number of aromatic nitrogens is 1. The molecule has 1 heterocycles. The molecule has 21 heavy (non-hydrogen) atoms. The summed E-state index contributed by atoms with van der Waals surface area (Å²) >= 11 is 18.4. The van der Waals surface area contributed by atoms with E-state index in [9.17, 15) is 4.79 Å². The highest BCUT2D eigenvalue weighted by atomic mass is 35.5. The summed E-state index contributed by atoms with van der Waals surface area (Å²) in [6.45, 7) is 0. The Labute approximate surface area is 135 Å². The summed E-state index contributed by atoms with van der Waals surface area (Å²) in [5.74, 6) is -0.400. The molecule has 0 radical (unpaired) electrons. The van der Waals surface area contributed by atoms with Gasteiger partial charge in [-0.3, -0.25) is 4.57 Å². The molecule has 3 nitrogen and oxygen atoms in total. The number of nitrogens with zero attached hydrogens (tertiary/aromatic N) is 1. The standard InChI is InChI=1S/C15H10Cl3NO2/c1-19-12-5-3-9(7-13(12)21-15(19)20)14(18)8-2-4-10(16)11(17)6-8/h2-7,14H,1H3. The molecule has 1 atom stereocenters. The van der Waals surface area contributed by atoms with E-state index < -0.39 is 11.1 Å². The molecular weight excluding hydrogens is 333 g/mol. The summed E-state index contributed by atoms with van der Waals surface area (Å²) in [6.07, 6.45) is 0. The zero-order chi connectivity index (χ0) is 15.1. The summed E-state index contributed by atoms with van der Waals surface area (Å²) in [6, 6.07) is 10.7. The third-order valence-corrected chi connectivity index (χ3v) is 4.59. The normalized spacial score (nSPS) is 12.8. The van der Waals surface area contributed by atoms with Gasteiger partial charge in [0.15, 0.2) is 5.58 Å². The van der Waals surface area contributed by atoms with Crippen LogP contribution < -0.4 is 5.76 Å². The van der Waals surface area contributed by atoms with Crippen molar-refractivity contribution >= 4 is 45.9 Å². The number of benzene rings is 2. The second-order valence-corrected chi connectivity index (χ2v) is 5.94. The van der Waals surface area contributed by atoms with Crippen LogP contribution >= 0.6 is 34.8 Å². The average Bonchev–Trinajstić information content (AvgIpc) is 2.76. The van der Waals surface area contributed by atoms with Crippen LogP contribution in [-0.4, -0.2) is 4.57 Å². The lowest BCUT2D eigenvalue weighted by molar-refractivity contribution is 0.528. The van der Waals surface area contributed by atoms with Gasteiger partial charge in [0, 0.05) is 7.05 Å². The smallest absolute Gasteiger partial charge is 0.408 e. The molecular formula is C15H10Cl3NO2. The highest BCUT2D eigenvalue weighted by Crippen LogP contribution is 2.33. The van der Waals surface area contributed by atoms with Gasteiger partial charge in [-0.2, -0.15) is 0 Å². The number of hydrogen-bond donors (Lipinski definition) is 0. The predicted octanol–water partition coefficient (Wildman–Crippen LogP) is 4.77. The molecule has 0 aliphatic heterocycles. The van der Waals surface area contributed by atoms with Crippen LogP contribution in [0.15, 0.2) is 45.6 Å². The molecule has 108 valence electrons. The lowest BCUT2D eigenvalue weighted by Gasteiger charge is -2.11. The quantitative estimate of drug-likeness (QED) is 0.629. The Morgan fingerprint density at radius 1 is 1.05 bits per heavy atom. The summed E-state index contributed by atoms with van der Waals surface area (Å²) in [7, 11) is 1.66. The fourth-order valence-electron chi connectivity index (χ4n) is 2.17. The first-order valence-electron chi connectivity index (χ1n) is 6.16. The van der Waals surface area contributed by atoms with E-state index in [1.807, 2.05) is 18.2 Å². The van der Waals surface area contributed by atoms with Gasteiger partial charge in [0.2, 0.25) is 0 Å². The van der Waals surface area contributed by atoms with E-state index in [4.69, 9.17) is 39.2 Å². The molecule has 1 unspecified atom stereocenters. The SMILES string of the molecule is Cn1c(=O)oc2cc(C(Cl)c3ccc(Cl)c(Cl)c3)ccc21. The second-order valence-electron chi connectivity index (χ2n) is 4.69. The third kappa shape index (κ3) is 2.57. The maximum Gasteiger partial charge on any atom is 0.419 e. The zero-order valence-corrected chi connectivity index (χ0v) is 13.2. The van der Waals surface area contributed by atoms with Crippen molar-refractivity contribution < 1.29 is 4.42 Å². The van der Waals surface area contributed by atoms with Gasteiger partial charge in [-0.25, -0.2) is 4.79 Å². The van der Waals surface area contributed by atoms with E-state index in [0.29, 0.717) is 15.6 Å². The fraction of sp³-hybridized carbons (Fsp3) is 0.133. The fourth-order valence-corrected chi connectivity index (χ4v) is 2.75. The molecule has 0 saturated carbocycles. The minimum Gasteiger partial charge on any atom is -0.408 e. The van der Waals surface area contributed by atoms with E-state index in [2.05, 4.69) is 0 Å². The van der Waals surface area contributed by atoms with E-state index >= 15 is 0 Å². The second kappa shape index (κ2) is 5.41. The summed E-state index contributed by atoms with van der Waals surface area (Å²) in [5.41, 5.74) is 2.87. The van der Waals surface area contributed by atoms with Crippen molar-refractivity contribution in [1.29, 1.82) is 0 Å². The molecule has 0 N–H and O–H groups in total. The van der Waals surface area contributed by atoms with Crippen molar-refractivity contribution in [3.8, 4) is 0 Å². The molecule has 0 aliphatic carbocycles. The molecule has 0 saturated heterocycles. The van der Waals surface area contributed by atoms with E-state index in [0.717, 1.165) is 16.6 Å². The lowest BCUT2D eigenvalue weighted by Crippen LogP contribution is -2.08. The Balaban J connectivity index is 2.06. The lowest BCUT2D eigenvalue weighted by atomic mass is 10.0. The van der Waals surface area contributed by atoms with Gasteiger partial charge in [0.1, 0.15) is 0 Å². The molecule has 0 aliphatic rings. The highest BCUT2D eigenvalue weighted by Gasteiger charge is 2.15. The minimum absolute atomic E-state index is 0.400. The first kappa shape index (κ1) is 14.5. The number of oxazole rings is 1. The minimum atomic E-state index is -0.408. The van der Waals surface area contributed by atoms with Crippen LogP contribution in [0.25, 0.3) is 11.1 Å². The van der Waals surface area contributed by atoms with Crippen molar-refractivity contribution in [2.24, 2.45) is 7.05 Å². The van der Waals surface area contributed by atoms with Gasteiger partial charge in [0.05, 0.1) is 20.9 Å². The van der Waals surface area contributed by atoms with Crippen LogP contribution in [0.2, 0.25) is 10.0 Å². The number of hydrogen-bond acceptors (Lipinski definition) is 2. The van der Waals surface area contributed by atoms with Gasteiger partial charge in [-0.05, 0) is 35.4 Å². The Morgan fingerprint density at radius 2 is 1.71 bits per heavy atom. The molecule has 0 spiro atoms. The number of alkyl halides is 1. The van der Waals surface area contributed by atoms with Crippen LogP contribution in [0.1, 0.15) is 16.5 Å². The maximum atomic E-state index is 11.5. The van der Waals surface area contributed by atoms with Gasteiger partial charge in [0.25, 0.3) is 0 Å². The average molecular weight is 343 g/mol. The van der Waals surface area contributed by atoms with Crippen molar-refractivity contribution in [1.82, 2.24) is 4.57 Å². The van der Waals surface area contributed by atoms with Crippen LogP contribution in [-0.2, 0) is 7.05 Å². The molecule has 2 aromatic carbocycles. The molecule has 0 fully saturated rings. The first-order valence-corrected chi connectivity index (χ1v) is 7.35. The van der Waals surface area contributed by atoms with Crippen molar-refractivity contribution in [2.75, 3.05) is 0 Å². The predicted molar refractivity (Wildman–Crippen MR) is 85.6 cm³/mol. The van der Waals surface area contributed by atoms with E-state index in [-0.39, 0.29) is 0 Å². The van der Waals surface area contributed by atoms with Gasteiger partial charge in [-0.15, -0.1) is 11.6 Å². The van der Waals surface area contributed by atoms with E-state index in [1.54, 1.807) is 25.2 Å². The van der Waals surface area contributed by atoms with Crippen molar-refractivity contribution in [2.45, 2.75) is 5.38 Å². The Hall–Kier alpha value is -1.42. The highest BCUT2D eigenvalue weighted by molar-refractivity contribution is 6.42. The summed E-state index contributed by atoms with van der Waals surface area (Å²) in [4.78, 5) is 11.5. The molecule has 6 heteroatoms. The Bertz CT molecular complexity index is 882. The molecule has 1 aromatic heterocycles. The number of fused-ring (bicyclic) bond motifs is 1. The Kier molecular flexibility index (Phi) is 3.74. The first-order chi connectivity index (χ1) is 9.97. The number of rotatable bonds is 2. The van der Waals surface area contributed by atoms with Crippen LogP contribution in [0.5, 0.6) is 0 Å². The molecule has 3 aromatic rings. The van der Waals surface area contributed by atoms with Crippen LogP contribution in [0.4, 0.5) is 0 Å². The van der Waals surface area contributed by atoms with Gasteiger partial charge < -0.3 is 4.42 Å². The van der Waals surface area contributed by atoms with Gasteiger partial charge in [-0.1, -0.05) is 35.3 Å². The number of aryl methyl sites for hydroxylation is 1. The largest absolute Gasteiger partial charge is 0.419 e. The third-order valence-electron chi connectivity index (χ3n) is 3.35. The van der Waals surface area contributed by atoms with E-state index in [1.165, 1.54) is 4.57 Å². The number of halogens is 3. The topological polar surface area (TPSA) is 35.1 Å². The van der Waals surface area contributed by atoms with Crippen molar-refractivity contribution in [3.63, 3.8) is 0 Å². The monoisotopic (exact) mass is 341 g/mol. The van der Waals surface area contributed by atoms with Crippen LogP contribution in [0, 0.1) is 0 Å². The zero-order valence-electron chi connectivity index (χ0n) is 10.9. The Morgan fingerprint density at radius 3 is 2.43 bits per heavy atom. The molecule has 3 rings (SSSR count). The summed E-state index contributed by atoms with van der Waals surface area (Å²) < 4.78 is 6.62. The molecule has 0 amide bonds. The van der Waals surface area contributed by atoms with Gasteiger partial charge >= 0.3 is 5.76 Å². The summed E-state index contributed by atoms with van der Waals surface area (Å²) in [5, 5.41) is 0.524. The maximum absolute atomic E-state index is 11.5.